The Balaban J connectivity index is 2.44. The Morgan fingerprint density at radius 1 is 0.500 bits per heavy atom. The van der Waals surface area contributed by atoms with Crippen molar-refractivity contribution in [1.29, 1.82) is 0 Å². The molecule has 0 unspecified atom stereocenters. The lowest BCUT2D eigenvalue weighted by Crippen LogP contribution is -2.14. The molecule has 3 rings (SSSR count). The van der Waals surface area contributed by atoms with E-state index >= 15 is 0 Å². The van der Waals surface area contributed by atoms with Gasteiger partial charge in [0.2, 0.25) is 0 Å². The van der Waals surface area contributed by atoms with Crippen LogP contribution in [0.25, 0.3) is 22.3 Å². The maximum Gasteiger partial charge on any atom is 0.417 e. The quantitative estimate of drug-likeness (QED) is 0.399. The van der Waals surface area contributed by atoms with Gasteiger partial charge in [0, 0.05) is 22.5 Å². The minimum atomic E-state index is -4.90. The Kier molecular flexibility index (Phi) is 4.74. The molecule has 2 nitrogen and oxygen atoms in total. The summed E-state index contributed by atoms with van der Waals surface area (Å²) in [5.41, 5.74) is 7.33. The maximum absolute atomic E-state index is 13.7. The van der Waals surface area contributed by atoms with Crippen LogP contribution in [0.4, 0.5) is 37.7 Å². The van der Waals surface area contributed by atoms with E-state index in [1.54, 1.807) is 0 Å². The molecule has 0 saturated heterocycles. The molecular weight excluding hydrogens is 382 g/mol. The summed E-state index contributed by atoms with van der Waals surface area (Å²) in [4.78, 5) is 0. The van der Waals surface area contributed by atoms with E-state index in [0.29, 0.717) is 12.1 Å². The highest BCUT2D eigenvalue weighted by Gasteiger charge is 2.40. The van der Waals surface area contributed by atoms with Gasteiger partial charge in [0.1, 0.15) is 0 Å². The number of rotatable bonds is 2. The van der Waals surface area contributed by atoms with E-state index in [1.165, 1.54) is 48.5 Å². The first-order valence-corrected chi connectivity index (χ1v) is 8.02. The summed E-state index contributed by atoms with van der Waals surface area (Å²) < 4.78 is 82.4. The zero-order valence-electron chi connectivity index (χ0n) is 14.2. The van der Waals surface area contributed by atoms with Gasteiger partial charge in [0.05, 0.1) is 11.1 Å². The first-order chi connectivity index (χ1) is 13.0. The van der Waals surface area contributed by atoms with Gasteiger partial charge in [-0.05, 0) is 35.4 Å². The maximum atomic E-state index is 13.7. The van der Waals surface area contributed by atoms with Gasteiger partial charge in [0.15, 0.2) is 0 Å². The Bertz CT molecular complexity index is 939. The molecule has 28 heavy (non-hydrogen) atoms. The standard InChI is InChI=1S/C20H14F6N2/c21-19(22,23)15-10-14(12-6-2-4-8-18(12)28)16(20(24,25)26)9-13(15)11-5-1-3-7-17(11)27/h1-10H,27-28H2. The van der Waals surface area contributed by atoms with Crippen molar-refractivity contribution in [3.8, 4) is 22.3 Å². The first-order valence-electron chi connectivity index (χ1n) is 8.02. The van der Waals surface area contributed by atoms with Crippen LogP contribution >= 0.6 is 0 Å². The number of alkyl halides is 6. The summed E-state index contributed by atoms with van der Waals surface area (Å²) in [7, 11) is 0. The number of nitrogen functional groups attached to an aromatic ring is 2. The first kappa shape index (κ1) is 19.6. The van der Waals surface area contributed by atoms with Crippen LogP contribution in [0.15, 0.2) is 60.7 Å². The van der Waals surface area contributed by atoms with Crippen molar-refractivity contribution in [3.63, 3.8) is 0 Å². The summed E-state index contributed by atoms with van der Waals surface area (Å²) >= 11 is 0. The van der Waals surface area contributed by atoms with Gasteiger partial charge in [0.25, 0.3) is 0 Å². The minimum absolute atomic E-state index is 0.0619. The smallest absolute Gasteiger partial charge is 0.398 e. The molecule has 0 atom stereocenters. The molecule has 8 heteroatoms. The minimum Gasteiger partial charge on any atom is -0.398 e. The van der Waals surface area contributed by atoms with Crippen molar-refractivity contribution in [2.24, 2.45) is 0 Å². The number of nitrogens with two attached hydrogens (primary N) is 2. The summed E-state index contributed by atoms with van der Waals surface area (Å²) in [6, 6.07) is 11.9. The molecule has 4 N–H and O–H groups in total. The van der Waals surface area contributed by atoms with Gasteiger partial charge in [-0.25, -0.2) is 0 Å². The van der Waals surface area contributed by atoms with E-state index < -0.39 is 34.6 Å². The van der Waals surface area contributed by atoms with Crippen LogP contribution in [-0.4, -0.2) is 0 Å². The van der Waals surface area contributed by atoms with Gasteiger partial charge < -0.3 is 11.5 Å². The predicted molar refractivity (Wildman–Crippen MR) is 96.1 cm³/mol. The number of anilines is 2. The zero-order chi connectivity index (χ0) is 20.7. The predicted octanol–water partition coefficient (Wildman–Crippen LogP) is 6.22. The van der Waals surface area contributed by atoms with E-state index in [-0.39, 0.29) is 22.5 Å². The molecule has 0 aliphatic rings. The molecule has 0 spiro atoms. The van der Waals surface area contributed by atoms with E-state index in [4.69, 9.17) is 11.5 Å². The van der Waals surface area contributed by atoms with Gasteiger partial charge in [-0.1, -0.05) is 36.4 Å². The Morgan fingerprint density at radius 2 is 0.821 bits per heavy atom. The molecule has 0 saturated carbocycles. The molecule has 0 aliphatic heterocycles. The Labute approximate surface area is 156 Å². The van der Waals surface area contributed by atoms with Crippen molar-refractivity contribution in [2.75, 3.05) is 11.5 Å². The molecule has 0 fully saturated rings. The highest BCUT2D eigenvalue weighted by atomic mass is 19.4. The lowest BCUT2D eigenvalue weighted by Gasteiger charge is -2.21. The van der Waals surface area contributed by atoms with E-state index in [9.17, 15) is 26.3 Å². The lowest BCUT2D eigenvalue weighted by molar-refractivity contribution is -0.140. The van der Waals surface area contributed by atoms with Crippen LogP contribution < -0.4 is 11.5 Å². The van der Waals surface area contributed by atoms with Gasteiger partial charge >= 0.3 is 12.4 Å². The third kappa shape index (κ3) is 3.62. The van der Waals surface area contributed by atoms with Crippen LogP contribution in [0, 0.1) is 0 Å². The molecule has 146 valence electrons. The fourth-order valence-corrected chi connectivity index (χ4v) is 3.00. The molecule has 3 aromatic rings. The largest absolute Gasteiger partial charge is 0.417 e. The molecule has 3 aromatic carbocycles. The van der Waals surface area contributed by atoms with Crippen LogP contribution in [0.3, 0.4) is 0 Å². The highest BCUT2D eigenvalue weighted by molar-refractivity contribution is 5.86. The normalized spacial score (nSPS) is 12.2. The van der Waals surface area contributed by atoms with Crippen molar-refractivity contribution in [2.45, 2.75) is 12.4 Å². The van der Waals surface area contributed by atoms with Gasteiger partial charge in [-0.15, -0.1) is 0 Å². The molecule has 0 aliphatic carbocycles. The molecule has 0 amide bonds. The summed E-state index contributed by atoms with van der Waals surface area (Å²) in [5, 5.41) is 0. The van der Waals surface area contributed by atoms with Crippen molar-refractivity contribution in [3.05, 3.63) is 71.8 Å². The third-order valence-corrected chi connectivity index (χ3v) is 4.27. The van der Waals surface area contributed by atoms with Crippen LogP contribution in [0.5, 0.6) is 0 Å². The number of hydrogen-bond donors (Lipinski definition) is 2. The lowest BCUT2D eigenvalue weighted by atomic mass is 9.89. The molecule has 0 bridgehead atoms. The average Bonchev–Trinajstić information content (AvgIpc) is 2.60. The molecule has 0 radical (unpaired) electrons. The second-order valence-corrected chi connectivity index (χ2v) is 6.11. The SMILES string of the molecule is Nc1ccccc1-c1cc(C(F)(F)F)c(-c2ccccc2N)cc1C(F)(F)F. The van der Waals surface area contributed by atoms with Crippen molar-refractivity contribution < 1.29 is 26.3 Å². The third-order valence-electron chi connectivity index (χ3n) is 4.27. The topological polar surface area (TPSA) is 52.0 Å². The Morgan fingerprint density at radius 3 is 1.11 bits per heavy atom. The number of hydrogen-bond acceptors (Lipinski definition) is 2. The van der Waals surface area contributed by atoms with Crippen molar-refractivity contribution >= 4 is 11.4 Å². The fourth-order valence-electron chi connectivity index (χ4n) is 3.00. The zero-order valence-corrected chi connectivity index (χ0v) is 14.2. The summed E-state index contributed by atoms with van der Waals surface area (Å²) in [6.45, 7) is 0. The van der Waals surface area contributed by atoms with Gasteiger partial charge in [-0.2, -0.15) is 26.3 Å². The Hall–Kier alpha value is -3.16. The number of para-hydroxylation sites is 2. The summed E-state index contributed by atoms with van der Waals surface area (Å²) in [5.74, 6) is 0. The van der Waals surface area contributed by atoms with E-state index in [2.05, 4.69) is 0 Å². The van der Waals surface area contributed by atoms with Crippen LogP contribution in [0.1, 0.15) is 11.1 Å². The monoisotopic (exact) mass is 396 g/mol. The highest BCUT2D eigenvalue weighted by Crippen LogP contribution is 2.47. The molecule has 0 aromatic heterocycles. The van der Waals surface area contributed by atoms with Crippen LogP contribution in [0.2, 0.25) is 0 Å². The number of benzene rings is 3. The second kappa shape index (κ2) is 6.78. The number of halogens is 6. The second-order valence-electron chi connectivity index (χ2n) is 6.11. The van der Waals surface area contributed by atoms with Crippen LogP contribution in [-0.2, 0) is 12.4 Å². The van der Waals surface area contributed by atoms with E-state index in [1.807, 2.05) is 0 Å². The van der Waals surface area contributed by atoms with E-state index in [0.717, 1.165) is 0 Å². The molecule has 0 heterocycles. The average molecular weight is 396 g/mol. The van der Waals surface area contributed by atoms with Crippen molar-refractivity contribution in [1.82, 2.24) is 0 Å². The summed E-state index contributed by atoms with van der Waals surface area (Å²) in [6.07, 6.45) is -9.81. The molecular formula is C20H14F6N2. The fraction of sp³-hybridized carbons (Fsp3) is 0.100. The van der Waals surface area contributed by atoms with Gasteiger partial charge in [-0.3, -0.25) is 0 Å².